The molecule has 18 heavy (non-hydrogen) atoms. The Morgan fingerprint density at radius 1 is 1.33 bits per heavy atom. The second-order valence-electron chi connectivity index (χ2n) is 3.90. The minimum absolute atomic E-state index is 0.106. The van der Waals surface area contributed by atoms with Crippen molar-refractivity contribution in [2.75, 3.05) is 0 Å². The second-order valence-corrected chi connectivity index (χ2v) is 5.53. The average molecular weight is 375 g/mol. The molecule has 1 aromatic heterocycles. The van der Waals surface area contributed by atoms with Crippen LogP contribution in [0.2, 0.25) is 5.15 Å². The maximum Gasteiger partial charge on any atom is 0.255 e. The molecule has 0 aliphatic carbocycles. The zero-order valence-corrected chi connectivity index (χ0v) is 12.8. The maximum atomic E-state index is 11.9. The first kappa shape index (κ1) is 13.5. The van der Waals surface area contributed by atoms with Crippen LogP contribution in [-0.4, -0.2) is 9.55 Å². The molecule has 0 aliphatic rings. The van der Waals surface area contributed by atoms with Gasteiger partial charge < -0.3 is 0 Å². The second kappa shape index (κ2) is 5.84. The Labute approximate surface area is 124 Å². The highest BCUT2D eigenvalue weighted by molar-refractivity contribution is 14.1. The summed E-state index contributed by atoms with van der Waals surface area (Å²) in [5.74, 6) is 0.714. The van der Waals surface area contributed by atoms with Gasteiger partial charge in [-0.05, 0) is 40.3 Å². The van der Waals surface area contributed by atoms with E-state index in [0.29, 0.717) is 18.8 Å². The minimum Gasteiger partial charge on any atom is -0.292 e. The highest BCUT2D eigenvalue weighted by Crippen LogP contribution is 2.09. The lowest BCUT2D eigenvalue weighted by atomic mass is 10.2. The smallest absolute Gasteiger partial charge is 0.255 e. The molecule has 1 heterocycles. The highest BCUT2D eigenvalue weighted by atomic mass is 127. The highest BCUT2D eigenvalue weighted by Gasteiger charge is 2.06. The van der Waals surface area contributed by atoms with E-state index in [4.69, 9.17) is 11.6 Å². The van der Waals surface area contributed by atoms with Gasteiger partial charge in [-0.2, -0.15) is 0 Å². The Morgan fingerprint density at radius 3 is 2.61 bits per heavy atom. The van der Waals surface area contributed by atoms with Crippen molar-refractivity contribution in [3.05, 3.63) is 60.8 Å². The van der Waals surface area contributed by atoms with Crippen molar-refractivity contribution in [2.45, 2.75) is 19.9 Å². The molecule has 2 rings (SSSR count). The van der Waals surface area contributed by atoms with E-state index in [9.17, 15) is 4.79 Å². The standard InChI is InChI=1S/C13H12ClIN2O/c1-2-12-16-11(14)7-13(18)17(12)8-9-3-5-10(15)6-4-9/h3-7H,2,8H2,1H3. The van der Waals surface area contributed by atoms with Crippen LogP contribution in [0, 0.1) is 3.57 Å². The van der Waals surface area contributed by atoms with Gasteiger partial charge in [0.15, 0.2) is 0 Å². The van der Waals surface area contributed by atoms with E-state index in [1.165, 1.54) is 9.64 Å². The van der Waals surface area contributed by atoms with Gasteiger partial charge in [-0.15, -0.1) is 0 Å². The summed E-state index contributed by atoms with van der Waals surface area (Å²) < 4.78 is 2.84. The van der Waals surface area contributed by atoms with E-state index in [1.807, 2.05) is 31.2 Å². The van der Waals surface area contributed by atoms with E-state index >= 15 is 0 Å². The van der Waals surface area contributed by atoms with E-state index in [2.05, 4.69) is 27.6 Å². The van der Waals surface area contributed by atoms with Crippen LogP contribution in [-0.2, 0) is 13.0 Å². The topological polar surface area (TPSA) is 34.9 Å². The molecule has 0 amide bonds. The van der Waals surface area contributed by atoms with Crippen LogP contribution in [0.4, 0.5) is 0 Å². The molecule has 0 aliphatic heterocycles. The van der Waals surface area contributed by atoms with Crippen LogP contribution in [0.3, 0.4) is 0 Å². The van der Waals surface area contributed by atoms with Gasteiger partial charge in [0.1, 0.15) is 11.0 Å². The van der Waals surface area contributed by atoms with Crippen LogP contribution in [0.1, 0.15) is 18.3 Å². The molecular formula is C13H12ClIN2O. The van der Waals surface area contributed by atoms with E-state index < -0.39 is 0 Å². The maximum absolute atomic E-state index is 11.9. The van der Waals surface area contributed by atoms with Gasteiger partial charge in [-0.3, -0.25) is 9.36 Å². The molecule has 0 fully saturated rings. The average Bonchev–Trinajstić information content (AvgIpc) is 2.34. The normalized spacial score (nSPS) is 10.6. The molecule has 94 valence electrons. The van der Waals surface area contributed by atoms with Crippen molar-refractivity contribution in [1.29, 1.82) is 0 Å². The van der Waals surface area contributed by atoms with Gasteiger partial charge in [0.25, 0.3) is 5.56 Å². The molecule has 0 bridgehead atoms. The Balaban J connectivity index is 2.39. The predicted octanol–water partition coefficient (Wildman–Crippen LogP) is 3.11. The number of rotatable bonds is 3. The van der Waals surface area contributed by atoms with Crippen LogP contribution < -0.4 is 5.56 Å². The lowest BCUT2D eigenvalue weighted by molar-refractivity contribution is 0.674. The quantitative estimate of drug-likeness (QED) is 0.611. The minimum atomic E-state index is -0.106. The van der Waals surface area contributed by atoms with Crippen molar-refractivity contribution < 1.29 is 0 Å². The molecule has 0 spiro atoms. The summed E-state index contributed by atoms with van der Waals surface area (Å²) in [5, 5.41) is 0.260. The Bertz CT molecular complexity index is 607. The molecule has 0 saturated carbocycles. The Kier molecular flexibility index (Phi) is 4.40. The third-order valence-corrected chi connectivity index (χ3v) is 3.54. The summed E-state index contributed by atoms with van der Waals surface area (Å²) in [6.45, 7) is 2.49. The first-order valence-corrected chi connectivity index (χ1v) is 7.06. The van der Waals surface area contributed by atoms with Gasteiger partial charge in [-0.1, -0.05) is 30.7 Å². The molecule has 0 atom stereocenters. The molecule has 2 aromatic rings. The fourth-order valence-corrected chi connectivity index (χ4v) is 2.28. The number of nitrogens with zero attached hydrogens (tertiary/aromatic N) is 2. The van der Waals surface area contributed by atoms with Crippen LogP contribution in [0.15, 0.2) is 35.1 Å². The Hall–Kier alpha value is -0.880. The molecule has 3 nitrogen and oxygen atoms in total. The van der Waals surface area contributed by atoms with E-state index in [0.717, 1.165) is 5.56 Å². The monoisotopic (exact) mass is 374 g/mol. The molecule has 5 heteroatoms. The van der Waals surface area contributed by atoms with Crippen molar-refractivity contribution in [2.24, 2.45) is 0 Å². The lowest BCUT2D eigenvalue weighted by Crippen LogP contribution is -2.24. The predicted molar refractivity (Wildman–Crippen MR) is 81.1 cm³/mol. The molecule has 0 N–H and O–H groups in total. The lowest BCUT2D eigenvalue weighted by Gasteiger charge is -2.10. The van der Waals surface area contributed by atoms with Crippen molar-refractivity contribution in [3.8, 4) is 0 Å². The fraction of sp³-hybridized carbons (Fsp3) is 0.231. The molecule has 0 unspecified atom stereocenters. The summed E-state index contributed by atoms with van der Waals surface area (Å²) >= 11 is 8.05. The van der Waals surface area contributed by atoms with Crippen molar-refractivity contribution in [3.63, 3.8) is 0 Å². The zero-order valence-electron chi connectivity index (χ0n) is 9.86. The van der Waals surface area contributed by atoms with Gasteiger partial charge in [-0.25, -0.2) is 4.98 Å². The van der Waals surface area contributed by atoms with Gasteiger partial charge in [0, 0.05) is 16.1 Å². The SMILES string of the molecule is CCc1nc(Cl)cc(=O)n1Cc1ccc(I)cc1. The summed E-state index contributed by atoms with van der Waals surface area (Å²) in [5.41, 5.74) is 0.974. The van der Waals surface area contributed by atoms with Gasteiger partial charge in [0.2, 0.25) is 0 Å². The molecule has 0 saturated heterocycles. The van der Waals surface area contributed by atoms with Gasteiger partial charge >= 0.3 is 0 Å². The van der Waals surface area contributed by atoms with Gasteiger partial charge in [0.05, 0.1) is 6.54 Å². The number of aromatic nitrogens is 2. The summed E-state index contributed by atoms with van der Waals surface area (Å²) in [6.07, 6.45) is 0.681. The molecule has 1 aromatic carbocycles. The fourth-order valence-electron chi connectivity index (χ4n) is 1.73. The first-order chi connectivity index (χ1) is 8.60. The number of hydrogen-bond acceptors (Lipinski definition) is 2. The van der Waals surface area contributed by atoms with Crippen LogP contribution >= 0.6 is 34.2 Å². The summed E-state index contributed by atoms with van der Waals surface area (Å²) in [4.78, 5) is 16.1. The molecular weight excluding hydrogens is 363 g/mol. The zero-order chi connectivity index (χ0) is 13.1. The summed E-state index contributed by atoms with van der Waals surface area (Å²) in [7, 11) is 0. The number of halogens is 2. The summed E-state index contributed by atoms with van der Waals surface area (Å²) in [6, 6.07) is 9.43. The number of aryl methyl sites for hydroxylation is 1. The number of hydrogen-bond donors (Lipinski definition) is 0. The van der Waals surface area contributed by atoms with Crippen molar-refractivity contribution in [1.82, 2.24) is 9.55 Å². The van der Waals surface area contributed by atoms with Crippen molar-refractivity contribution >= 4 is 34.2 Å². The van der Waals surface area contributed by atoms with Crippen LogP contribution in [0.25, 0.3) is 0 Å². The molecule has 0 radical (unpaired) electrons. The van der Waals surface area contributed by atoms with Crippen LogP contribution in [0.5, 0.6) is 0 Å². The third-order valence-electron chi connectivity index (χ3n) is 2.63. The largest absolute Gasteiger partial charge is 0.292 e. The Morgan fingerprint density at radius 2 is 2.00 bits per heavy atom. The third kappa shape index (κ3) is 3.11. The van der Waals surface area contributed by atoms with E-state index in [1.54, 1.807) is 4.57 Å². The van der Waals surface area contributed by atoms with E-state index in [-0.39, 0.29) is 10.7 Å². The number of benzene rings is 1. The first-order valence-electron chi connectivity index (χ1n) is 5.61.